The largest absolute Gasteiger partial charge is 0.309 e. The summed E-state index contributed by atoms with van der Waals surface area (Å²) in [7, 11) is 0. The summed E-state index contributed by atoms with van der Waals surface area (Å²) in [5.41, 5.74) is 6.62. The summed E-state index contributed by atoms with van der Waals surface area (Å²) in [6, 6.07) is 50.9. The summed E-state index contributed by atoms with van der Waals surface area (Å²) in [5, 5.41) is 14.3. The molecule has 0 atom stereocenters. The van der Waals surface area contributed by atoms with E-state index in [1.807, 2.05) is 24.3 Å². The standard InChI is InChI=1S/C36H24N4/c1-3-13-25(14-4-1)35-37-38-36(39(35)26-15-5-2-6-16-26)31-23-24-34(28-18-8-7-17-27(28)31)40-32-21-11-9-19-29(32)30-20-10-12-22-33(30)40/h1-24H. The zero-order valence-electron chi connectivity index (χ0n) is 21.6. The Hall–Kier alpha value is -5.48. The maximum atomic E-state index is 4.79. The Morgan fingerprint density at radius 3 is 1.57 bits per heavy atom. The van der Waals surface area contributed by atoms with Crippen molar-refractivity contribution in [3.63, 3.8) is 0 Å². The van der Waals surface area contributed by atoms with Crippen LogP contribution in [-0.2, 0) is 0 Å². The van der Waals surface area contributed by atoms with Crippen molar-refractivity contribution in [1.82, 2.24) is 19.3 Å². The highest BCUT2D eigenvalue weighted by Crippen LogP contribution is 2.38. The molecule has 0 unspecified atom stereocenters. The number of benzene rings is 6. The second-order valence-corrected chi connectivity index (χ2v) is 9.93. The van der Waals surface area contributed by atoms with Crippen LogP contribution in [0.4, 0.5) is 0 Å². The van der Waals surface area contributed by atoms with Crippen LogP contribution in [0.5, 0.6) is 0 Å². The van der Waals surface area contributed by atoms with E-state index in [-0.39, 0.29) is 0 Å². The zero-order chi connectivity index (χ0) is 26.5. The molecule has 0 aliphatic rings. The first-order valence-corrected chi connectivity index (χ1v) is 13.5. The highest BCUT2D eigenvalue weighted by atomic mass is 15.3. The third-order valence-electron chi connectivity index (χ3n) is 7.67. The van der Waals surface area contributed by atoms with Gasteiger partial charge in [0.2, 0.25) is 0 Å². The SMILES string of the molecule is c1ccc(-c2nnc(-c3ccc(-n4c5ccccc5c5ccccc54)c4ccccc34)n2-c2ccccc2)cc1. The molecule has 4 nitrogen and oxygen atoms in total. The molecule has 0 saturated carbocycles. The number of rotatable bonds is 4. The number of fused-ring (bicyclic) bond motifs is 4. The number of para-hydroxylation sites is 3. The van der Waals surface area contributed by atoms with Gasteiger partial charge in [-0.1, -0.05) is 109 Å². The number of hydrogen-bond donors (Lipinski definition) is 0. The summed E-state index contributed by atoms with van der Waals surface area (Å²) in [6.07, 6.45) is 0. The fraction of sp³-hybridized carbons (Fsp3) is 0. The Bertz CT molecular complexity index is 2100. The van der Waals surface area contributed by atoms with E-state index in [4.69, 9.17) is 10.2 Å². The average Bonchev–Trinajstić information content (AvgIpc) is 3.62. The molecule has 0 radical (unpaired) electrons. The molecule has 0 N–H and O–H groups in total. The summed E-state index contributed by atoms with van der Waals surface area (Å²) in [5.74, 6) is 1.63. The van der Waals surface area contributed by atoms with E-state index >= 15 is 0 Å². The molecule has 2 heterocycles. The van der Waals surface area contributed by atoms with Crippen molar-refractivity contribution < 1.29 is 0 Å². The van der Waals surface area contributed by atoms with Crippen molar-refractivity contribution in [2.24, 2.45) is 0 Å². The minimum atomic E-state index is 0.815. The molecule has 0 saturated heterocycles. The van der Waals surface area contributed by atoms with Gasteiger partial charge in [0.1, 0.15) is 0 Å². The fourth-order valence-corrected chi connectivity index (χ4v) is 5.91. The first-order chi connectivity index (χ1) is 19.9. The Labute approximate surface area is 231 Å². The van der Waals surface area contributed by atoms with Gasteiger partial charge in [-0.3, -0.25) is 4.57 Å². The Morgan fingerprint density at radius 2 is 0.900 bits per heavy atom. The molecule has 0 amide bonds. The van der Waals surface area contributed by atoms with Crippen LogP contribution in [0.2, 0.25) is 0 Å². The Kier molecular flexibility index (Phi) is 5.10. The van der Waals surface area contributed by atoms with Crippen molar-refractivity contribution in [1.29, 1.82) is 0 Å². The van der Waals surface area contributed by atoms with E-state index in [0.29, 0.717) is 0 Å². The lowest BCUT2D eigenvalue weighted by Crippen LogP contribution is -2.01. The number of aromatic nitrogens is 4. The van der Waals surface area contributed by atoms with E-state index in [1.54, 1.807) is 0 Å². The quantitative estimate of drug-likeness (QED) is 0.236. The molecular formula is C36H24N4. The van der Waals surface area contributed by atoms with Gasteiger partial charge in [0, 0.05) is 33.0 Å². The van der Waals surface area contributed by atoms with Crippen molar-refractivity contribution >= 4 is 32.6 Å². The Balaban J connectivity index is 1.42. The molecule has 0 aliphatic carbocycles. The third kappa shape index (κ3) is 3.40. The lowest BCUT2D eigenvalue weighted by Gasteiger charge is -2.16. The molecule has 188 valence electrons. The minimum absolute atomic E-state index is 0.815. The predicted octanol–water partition coefficient (Wildman–Crippen LogP) is 8.85. The van der Waals surface area contributed by atoms with Crippen molar-refractivity contribution in [3.8, 4) is 34.2 Å². The lowest BCUT2D eigenvalue weighted by atomic mass is 10.0. The third-order valence-corrected chi connectivity index (χ3v) is 7.67. The highest BCUT2D eigenvalue weighted by Gasteiger charge is 2.21. The summed E-state index contributed by atoms with van der Waals surface area (Å²) in [4.78, 5) is 0. The summed E-state index contributed by atoms with van der Waals surface area (Å²) < 4.78 is 4.55. The van der Waals surface area contributed by atoms with Crippen LogP contribution in [0.3, 0.4) is 0 Å². The van der Waals surface area contributed by atoms with Gasteiger partial charge in [-0.25, -0.2) is 0 Å². The minimum Gasteiger partial charge on any atom is -0.309 e. The van der Waals surface area contributed by atoms with Crippen LogP contribution in [0.1, 0.15) is 0 Å². The average molecular weight is 513 g/mol. The van der Waals surface area contributed by atoms with Gasteiger partial charge in [-0.15, -0.1) is 10.2 Å². The smallest absolute Gasteiger partial charge is 0.169 e. The molecule has 2 aromatic heterocycles. The molecule has 40 heavy (non-hydrogen) atoms. The molecule has 4 heteroatoms. The van der Waals surface area contributed by atoms with Crippen LogP contribution >= 0.6 is 0 Å². The normalized spacial score (nSPS) is 11.5. The van der Waals surface area contributed by atoms with Crippen LogP contribution in [0.15, 0.2) is 146 Å². The summed E-state index contributed by atoms with van der Waals surface area (Å²) in [6.45, 7) is 0. The topological polar surface area (TPSA) is 35.6 Å². The molecule has 0 spiro atoms. The van der Waals surface area contributed by atoms with E-state index in [9.17, 15) is 0 Å². The summed E-state index contributed by atoms with van der Waals surface area (Å²) >= 11 is 0. The maximum absolute atomic E-state index is 4.79. The predicted molar refractivity (Wildman–Crippen MR) is 164 cm³/mol. The van der Waals surface area contributed by atoms with E-state index in [1.165, 1.54) is 21.8 Å². The zero-order valence-corrected chi connectivity index (χ0v) is 21.6. The fourth-order valence-electron chi connectivity index (χ4n) is 5.91. The van der Waals surface area contributed by atoms with Gasteiger partial charge in [0.25, 0.3) is 0 Å². The van der Waals surface area contributed by atoms with Crippen LogP contribution in [0, 0.1) is 0 Å². The molecule has 0 aliphatic heterocycles. The van der Waals surface area contributed by atoms with Crippen molar-refractivity contribution in [2.45, 2.75) is 0 Å². The maximum Gasteiger partial charge on any atom is 0.169 e. The second kappa shape index (κ2) is 9.07. The number of hydrogen-bond acceptors (Lipinski definition) is 2. The second-order valence-electron chi connectivity index (χ2n) is 9.93. The van der Waals surface area contributed by atoms with Crippen molar-refractivity contribution in [3.05, 3.63) is 146 Å². The first kappa shape index (κ1) is 22.5. The van der Waals surface area contributed by atoms with Gasteiger partial charge >= 0.3 is 0 Å². The van der Waals surface area contributed by atoms with Gasteiger partial charge in [-0.05, 0) is 41.8 Å². The van der Waals surface area contributed by atoms with E-state index in [2.05, 4.69) is 130 Å². The molecule has 0 bridgehead atoms. The van der Waals surface area contributed by atoms with Crippen LogP contribution in [-0.4, -0.2) is 19.3 Å². The molecule has 6 aromatic carbocycles. The Morgan fingerprint density at radius 1 is 0.375 bits per heavy atom. The van der Waals surface area contributed by atoms with Gasteiger partial charge in [-0.2, -0.15) is 0 Å². The first-order valence-electron chi connectivity index (χ1n) is 13.5. The van der Waals surface area contributed by atoms with E-state index < -0.39 is 0 Å². The highest BCUT2D eigenvalue weighted by molar-refractivity contribution is 6.11. The molecule has 8 rings (SSSR count). The van der Waals surface area contributed by atoms with Crippen LogP contribution < -0.4 is 0 Å². The number of nitrogens with zero attached hydrogens (tertiary/aromatic N) is 4. The molecule has 8 aromatic rings. The van der Waals surface area contributed by atoms with Crippen LogP contribution in [0.25, 0.3) is 66.7 Å². The molecular weight excluding hydrogens is 488 g/mol. The van der Waals surface area contributed by atoms with Gasteiger partial charge in [0.15, 0.2) is 11.6 Å². The van der Waals surface area contributed by atoms with Gasteiger partial charge < -0.3 is 4.57 Å². The van der Waals surface area contributed by atoms with Gasteiger partial charge in [0.05, 0.1) is 16.7 Å². The monoisotopic (exact) mass is 512 g/mol. The van der Waals surface area contributed by atoms with Crippen molar-refractivity contribution in [2.75, 3.05) is 0 Å². The van der Waals surface area contributed by atoms with E-state index in [0.717, 1.165) is 44.9 Å². The molecule has 0 fully saturated rings. The lowest BCUT2D eigenvalue weighted by molar-refractivity contribution is 1.07.